The quantitative estimate of drug-likeness (QED) is 0.292. The van der Waals surface area contributed by atoms with Gasteiger partial charge in [0.2, 0.25) is 0 Å². The molecule has 0 aliphatic carbocycles. The van der Waals surface area contributed by atoms with Crippen LogP contribution in [-0.4, -0.2) is 36.3 Å². The minimum absolute atomic E-state index is 0.000955. The van der Waals surface area contributed by atoms with Crippen molar-refractivity contribution >= 4 is 29.2 Å². The van der Waals surface area contributed by atoms with Gasteiger partial charge >= 0.3 is 6.03 Å². The Hall–Kier alpha value is -1.99. The number of nitrogens with two attached hydrogens (primary N) is 1. The van der Waals surface area contributed by atoms with E-state index in [1.807, 2.05) is 0 Å². The van der Waals surface area contributed by atoms with Crippen molar-refractivity contribution in [3.8, 4) is 0 Å². The summed E-state index contributed by atoms with van der Waals surface area (Å²) in [5, 5.41) is 17.3. The smallest absolute Gasteiger partial charge is 0.319 e. The van der Waals surface area contributed by atoms with Crippen molar-refractivity contribution < 1.29 is 14.7 Å². The molecule has 1 aromatic rings. The molecule has 108 valence electrons. The normalized spacial score (nSPS) is 18.9. The van der Waals surface area contributed by atoms with Gasteiger partial charge in [-0.3, -0.25) is 0 Å². The van der Waals surface area contributed by atoms with Gasteiger partial charge in [0.25, 0.3) is 0 Å². The first-order valence-electron chi connectivity index (χ1n) is 6.03. The maximum atomic E-state index is 11.8. The fraction of sp³-hybridized carbons (Fsp3) is 0.333. The van der Waals surface area contributed by atoms with E-state index in [1.54, 1.807) is 12.1 Å². The molecule has 0 aromatic heterocycles. The number of urea groups is 1. The van der Waals surface area contributed by atoms with Gasteiger partial charge < -0.3 is 26.3 Å². The Morgan fingerprint density at radius 1 is 1.55 bits per heavy atom. The Bertz CT molecular complexity index is 529. The highest BCUT2D eigenvalue weighted by Gasteiger charge is 2.18. The van der Waals surface area contributed by atoms with Crippen molar-refractivity contribution in [2.75, 3.05) is 18.5 Å². The average molecular weight is 299 g/mol. The highest BCUT2D eigenvalue weighted by Crippen LogP contribution is 2.23. The van der Waals surface area contributed by atoms with Crippen molar-refractivity contribution in [1.82, 2.24) is 5.32 Å². The molecule has 1 atom stereocenters. The lowest BCUT2D eigenvalue weighted by Crippen LogP contribution is -2.38. The number of hydrogen-bond donors (Lipinski definition) is 4. The van der Waals surface area contributed by atoms with Crippen LogP contribution in [0, 0.1) is 0 Å². The van der Waals surface area contributed by atoms with Crippen molar-refractivity contribution in [1.29, 1.82) is 0 Å². The van der Waals surface area contributed by atoms with E-state index in [4.69, 9.17) is 27.3 Å². The third kappa shape index (κ3) is 3.52. The molecule has 1 aromatic carbocycles. The minimum atomic E-state index is -0.376. The lowest BCUT2D eigenvalue weighted by molar-refractivity contribution is 0.189. The summed E-state index contributed by atoms with van der Waals surface area (Å²) in [6, 6.07) is 4.30. The Labute approximate surface area is 120 Å². The molecule has 1 unspecified atom stereocenters. The van der Waals surface area contributed by atoms with E-state index < -0.39 is 0 Å². The van der Waals surface area contributed by atoms with Gasteiger partial charge in [-0.1, -0.05) is 16.8 Å². The molecule has 1 fully saturated rings. The fourth-order valence-electron chi connectivity index (χ4n) is 1.83. The van der Waals surface area contributed by atoms with Gasteiger partial charge in [0.1, 0.15) is 0 Å². The average Bonchev–Trinajstić information content (AvgIpc) is 2.93. The monoisotopic (exact) mass is 298 g/mol. The van der Waals surface area contributed by atoms with Crippen LogP contribution in [0.3, 0.4) is 0 Å². The topological polar surface area (TPSA) is 109 Å². The molecular formula is C12H15ClN4O3. The number of nitrogens with zero attached hydrogens (tertiary/aromatic N) is 1. The summed E-state index contributed by atoms with van der Waals surface area (Å²) in [5.74, 6) is -0.0608. The summed E-state index contributed by atoms with van der Waals surface area (Å²) in [6.45, 7) is 1.15. The van der Waals surface area contributed by atoms with Crippen LogP contribution in [0.1, 0.15) is 12.0 Å². The Kier molecular flexibility index (Phi) is 4.65. The zero-order valence-corrected chi connectivity index (χ0v) is 11.4. The Morgan fingerprint density at radius 2 is 2.35 bits per heavy atom. The van der Waals surface area contributed by atoms with Crippen LogP contribution in [0.5, 0.6) is 0 Å². The van der Waals surface area contributed by atoms with Gasteiger partial charge in [-0.15, -0.1) is 0 Å². The summed E-state index contributed by atoms with van der Waals surface area (Å²) < 4.78 is 5.17. The predicted molar refractivity (Wildman–Crippen MR) is 75.3 cm³/mol. The number of oxime groups is 1. The number of amides is 2. The maximum Gasteiger partial charge on any atom is 0.319 e. The number of amidine groups is 1. The van der Waals surface area contributed by atoms with Crippen LogP contribution in [0.15, 0.2) is 23.4 Å². The summed E-state index contributed by atoms with van der Waals surface area (Å²) in [7, 11) is 0. The SMILES string of the molecule is N/C(=N/O)c1ccc(Cl)c(NC(=O)NC2CCOC2)c1. The molecule has 2 amide bonds. The lowest BCUT2D eigenvalue weighted by Gasteiger charge is -2.13. The molecule has 0 radical (unpaired) electrons. The number of rotatable bonds is 3. The second kappa shape index (κ2) is 6.44. The molecular weight excluding hydrogens is 284 g/mol. The lowest BCUT2D eigenvalue weighted by atomic mass is 10.2. The molecule has 5 N–H and O–H groups in total. The number of carbonyl (C=O) groups is 1. The Morgan fingerprint density at radius 3 is 3.00 bits per heavy atom. The predicted octanol–water partition coefficient (Wildman–Crippen LogP) is 1.34. The van der Waals surface area contributed by atoms with Crippen molar-refractivity contribution in [3.05, 3.63) is 28.8 Å². The second-order valence-electron chi connectivity index (χ2n) is 4.34. The molecule has 0 saturated carbocycles. The summed E-state index contributed by atoms with van der Waals surface area (Å²) >= 11 is 5.99. The summed E-state index contributed by atoms with van der Waals surface area (Å²) in [6.07, 6.45) is 0.783. The van der Waals surface area contributed by atoms with E-state index in [2.05, 4.69) is 15.8 Å². The van der Waals surface area contributed by atoms with E-state index >= 15 is 0 Å². The number of ether oxygens (including phenoxy) is 1. The van der Waals surface area contributed by atoms with Gasteiger partial charge in [-0.25, -0.2) is 4.79 Å². The highest BCUT2D eigenvalue weighted by atomic mass is 35.5. The van der Waals surface area contributed by atoms with Crippen molar-refractivity contribution in [2.24, 2.45) is 10.9 Å². The molecule has 1 aliphatic heterocycles. The first-order chi connectivity index (χ1) is 9.60. The third-order valence-corrected chi connectivity index (χ3v) is 3.21. The standard InChI is InChI=1S/C12H15ClN4O3/c13-9-2-1-7(11(14)17-19)5-10(9)16-12(18)15-8-3-4-20-6-8/h1-2,5,8,19H,3-4,6H2,(H2,14,17)(H2,15,16,18). The fourth-order valence-corrected chi connectivity index (χ4v) is 2.00. The number of hydrogen-bond acceptors (Lipinski definition) is 4. The van der Waals surface area contributed by atoms with Gasteiger partial charge in [0.15, 0.2) is 5.84 Å². The summed E-state index contributed by atoms with van der Waals surface area (Å²) in [5.41, 5.74) is 6.32. The van der Waals surface area contributed by atoms with Crippen LogP contribution >= 0.6 is 11.6 Å². The zero-order valence-electron chi connectivity index (χ0n) is 10.6. The first-order valence-corrected chi connectivity index (χ1v) is 6.40. The van der Waals surface area contributed by atoms with Crippen LogP contribution in [-0.2, 0) is 4.74 Å². The Balaban J connectivity index is 2.05. The van der Waals surface area contributed by atoms with Crippen molar-refractivity contribution in [2.45, 2.75) is 12.5 Å². The maximum absolute atomic E-state index is 11.8. The van der Waals surface area contributed by atoms with Gasteiger partial charge in [-0.05, 0) is 24.6 Å². The molecule has 2 rings (SSSR count). The van der Waals surface area contributed by atoms with Gasteiger partial charge in [0, 0.05) is 12.2 Å². The van der Waals surface area contributed by atoms with Crippen LogP contribution in [0.2, 0.25) is 5.02 Å². The van der Waals surface area contributed by atoms with Gasteiger partial charge in [0.05, 0.1) is 23.4 Å². The molecule has 1 heterocycles. The van der Waals surface area contributed by atoms with E-state index in [0.29, 0.717) is 29.5 Å². The van der Waals surface area contributed by atoms with Crippen LogP contribution < -0.4 is 16.4 Å². The number of anilines is 1. The van der Waals surface area contributed by atoms with Gasteiger partial charge in [-0.2, -0.15) is 0 Å². The van der Waals surface area contributed by atoms with Crippen molar-refractivity contribution in [3.63, 3.8) is 0 Å². The number of nitrogens with one attached hydrogen (secondary N) is 2. The molecule has 0 bridgehead atoms. The second-order valence-corrected chi connectivity index (χ2v) is 4.75. The zero-order chi connectivity index (χ0) is 14.5. The number of halogens is 1. The van der Waals surface area contributed by atoms with Crippen LogP contribution in [0.4, 0.5) is 10.5 Å². The van der Waals surface area contributed by atoms with Crippen LogP contribution in [0.25, 0.3) is 0 Å². The number of carbonyl (C=O) groups excluding carboxylic acids is 1. The van der Waals surface area contributed by atoms with E-state index in [-0.39, 0.29) is 17.9 Å². The largest absolute Gasteiger partial charge is 0.409 e. The van der Waals surface area contributed by atoms with E-state index in [1.165, 1.54) is 6.07 Å². The minimum Gasteiger partial charge on any atom is -0.409 e. The van der Waals surface area contributed by atoms with E-state index in [0.717, 1.165) is 6.42 Å². The third-order valence-electron chi connectivity index (χ3n) is 2.88. The molecule has 7 nitrogen and oxygen atoms in total. The molecule has 8 heteroatoms. The molecule has 0 spiro atoms. The first kappa shape index (κ1) is 14.4. The molecule has 1 saturated heterocycles. The van der Waals surface area contributed by atoms with E-state index in [9.17, 15) is 4.79 Å². The number of benzene rings is 1. The molecule has 20 heavy (non-hydrogen) atoms. The summed E-state index contributed by atoms with van der Waals surface area (Å²) in [4.78, 5) is 11.8. The molecule has 1 aliphatic rings. The highest BCUT2D eigenvalue weighted by molar-refractivity contribution is 6.33.